The highest BCUT2D eigenvalue weighted by Gasteiger charge is 2.21. The van der Waals surface area contributed by atoms with Crippen LogP contribution < -0.4 is 0 Å². The van der Waals surface area contributed by atoms with Crippen LogP contribution in [0.25, 0.3) is 10.9 Å². The van der Waals surface area contributed by atoms with Crippen molar-refractivity contribution in [2.24, 2.45) is 0 Å². The third-order valence-corrected chi connectivity index (χ3v) is 3.73. The second kappa shape index (κ2) is 3.57. The molecule has 1 heterocycles. The van der Waals surface area contributed by atoms with Gasteiger partial charge < -0.3 is 0 Å². The maximum Gasteiger partial charge on any atom is 0.149 e. The number of nitrogens with zero attached hydrogens (tertiary/aromatic N) is 1. The Balaban J connectivity index is 2.50. The molecule has 0 saturated heterocycles. The molecular weight excluding hydrogens is 248 g/mol. The fourth-order valence-corrected chi connectivity index (χ4v) is 2.92. The lowest BCUT2D eigenvalue weighted by molar-refractivity contribution is 0.636. The Hall–Kier alpha value is -0.860. The van der Waals surface area contributed by atoms with E-state index in [2.05, 4.69) is 4.98 Å². The lowest BCUT2D eigenvalue weighted by Gasteiger charge is -2.08. The normalized spacial score (nSPS) is 14.4. The number of hydrogen-bond acceptors (Lipinski definition) is 1. The first-order valence-corrected chi connectivity index (χ1v) is 5.89. The van der Waals surface area contributed by atoms with Crippen molar-refractivity contribution in [3.8, 4) is 0 Å². The maximum atomic E-state index is 13.6. The predicted octanol–water partition coefficient (Wildman–Crippen LogP) is 4.17. The van der Waals surface area contributed by atoms with Crippen molar-refractivity contribution < 1.29 is 4.39 Å². The van der Waals surface area contributed by atoms with E-state index in [4.69, 9.17) is 23.2 Å². The van der Waals surface area contributed by atoms with E-state index in [-0.39, 0.29) is 11.3 Å². The second-order valence-electron chi connectivity index (χ2n) is 3.96. The summed E-state index contributed by atoms with van der Waals surface area (Å²) in [6, 6.07) is 2.85. The number of benzene rings is 1. The van der Waals surface area contributed by atoms with Crippen molar-refractivity contribution in [3.05, 3.63) is 39.3 Å². The zero-order valence-corrected chi connectivity index (χ0v) is 9.87. The van der Waals surface area contributed by atoms with E-state index in [1.54, 1.807) is 0 Å². The summed E-state index contributed by atoms with van der Waals surface area (Å²) in [4.78, 5) is 4.33. The Bertz CT molecular complexity index is 595. The minimum absolute atomic E-state index is 0.290. The zero-order chi connectivity index (χ0) is 11.3. The van der Waals surface area contributed by atoms with Crippen LogP contribution in [-0.2, 0) is 12.8 Å². The summed E-state index contributed by atoms with van der Waals surface area (Å²) >= 11 is 12.3. The first kappa shape index (κ1) is 10.3. The van der Waals surface area contributed by atoms with Crippen LogP contribution in [0.4, 0.5) is 4.39 Å². The molecule has 0 spiro atoms. The molecule has 1 aromatic carbocycles. The Morgan fingerprint density at radius 1 is 1.19 bits per heavy atom. The molecule has 1 nitrogen and oxygen atoms in total. The summed E-state index contributed by atoms with van der Waals surface area (Å²) in [5, 5.41) is 1.58. The lowest BCUT2D eigenvalue weighted by Crippen LogP contribution is -1.94. The fraction of sp³-hybridized carbons (Fsp3) is 0.250. The van der Waals surface area contributed by atoms with Gasteiger partial charge >= 0.3 is 0 Å². The van der Waals surface area contributed by atoms with Crippen LogP contribution in [0.15, 0.2) is 12.1 Å². The molecule has 0 N–H and O–H groups in total. The van der Waals surface area contributed by atoms with Gasteiger partial charge in [-0.2, -0.15) is 0 Å². The molecule has 0 radical (unpaired) electrons. The van der Waals surface area contributed by atoms with E-state index >= 15 is 0 Å². The van der Waals surface area contributed by atoms with Crippen LogP contribution in [0.1, 0.15) is 17.7 Å². The average Bonchev–Trinajstić information content (AvgIpc) is 2.72. The Morgan fingerprint density at radius 2 is 2.00 bits per heavy atom. The third kappa shape index (κ3) is 1.33. The smallest absolute Gasteiger partial charge is 0.149 e. The van der Waals surface area contributed by atoms with Crippen molar-refractivity contribution in [2.45, 2.75) is 19.3 Å². The molecule has 2 aromatic rings. The molecule has 3 rings (SSSR count). The van der Waals surface area contributed by atoms with Crippen LogP contribution in [-0.4, -0.2) is 4.98 Å². The lowest BCUT2D eigenvalue weighted by atomic mass is 10.1. The molecule has 1 aliphatic rings. The van der Waals surface area contributed by atoms with Crippen molar-refractivity contribution in [3.63, 3.8) is 0 Å². The highest BCUT2D eigenvalue weighted by atomic mass is 35.5. The van der Waals surface area contributed by atoms with Gasteiger partial charge in [-0.25, -0.2) is 9.37 Å². The van der Waals surface area contributed by atoms with E-state index in [0.717, 1.165) is 30.5 Å². The predicted molar refractivity (Wildman–Crippen MR) is 63.7 cm³/mol. The van der Waals surface area contributed by atoms with Crippen molar-refractivity contribution in [2.75, 3.05) is 0 Å². The standard InChI is InChI=1S/C12H8Cl2FN/c13-7-4-5-8(15)12-10(7)11(14)6-2-1-3-9(6)16-12/h4-5H,1-3H2. The van der Waals surface area contributed by atoms with Crippen LogP contribution in [0.5, 0.6) is 0 Å². The van der Waals surface area contributed by atoms with Gasteiger partial charge in [-0.05, 0) is 37.0 Å². The van der Waals surface area contributed by atoms with E-state index < -0.39 is 0 Å². The summed E-state index contributed by atoms with van der Waals surface area (Å²) in [5.74, 6) is -0.365. The molecule has 16 heavy (non-hydrogen) atoms. The molecule has 0 amide bonds. The number of aromatic nitrogens is 1. The van der Waals surface area contributed by atoms with Crippen LogP contribution in [0, 0.1) is 5.82 Å². The number of hydrogen-bond donors (Lipinski definition) is 0. The summed E-state index contributed by atoms with van der Waals surface area (Å²) in [7, 11) is 0. The Kier molecular flexibility index (Phi) is 2.30. The SMILES string of the molecule is Fc1ccc(Cl)c2c(Cl)c3c(nc12)CCC3. The maximum absolute atomic E-state index is 13.6. The van der Waals surface area contributed by atoms with E-state index in [9.17, 15) is 4.39 Å². The molecule has 1 aliphatic carbocycles. The highest BCUT2D eigenvalue weighted by molar-refractivity contribution is 6.42. The van der Waals surface area contributed by atoms with Gasteiger partial charge in [-0.1, -0.05) is 23.2 Å². The molecular formula is C12H8Cl2FN. The van der Waals surface area contributed by atoms with Gasteiger partial charge in [-0.15, -0.1) is 0 Å². The number of fused-ring (bicyclic) bond motifs is 2. The van der Waals surface area contributed by atoms with Gasteiger partial charge in [0.2, 0.25) is 0 Å². The first-order chi connectivity index (χ1) is 7.68. The quantitative estimate of drug-likeness (QED) is 0.689. The van der Waals surface area contributed by atoms with E-state index in [1.165, 1.54) is 12.1 Å². The largest absolute Gasteiger partial charge is 0.249 e. The van der Waals surface area contributed by atoms with Crippen LogP contribution in [0.2, 0.25) is 10.0 Å². The highest BCUT2D eigenvalue weighted by Crippen LogP contribution is 2.37. The third-order valence-electron chi connectivity index (χ3n) is 3.00. The molecule has 0 bridgehead atoms. The second-order valence-corrected chi connectivity index (χ2v) is 4.74. The van der Waals surface area contributed by atoms with Gasteiger partial charge in [0.25, 0.3) is 0 Å². The van der Waals surface area contributed by atoms with Gasteiger partial charge in [0, 0.05) is 11.1 Å². The zero-order valence-electron chi connectivity index (χ0n) is 8.36. The summed E-state index contributed by atoms with van der Waals surface area (Å²) in [6.45, 7) is 0. The minimum atomic E-state index is -0.365. The Morgan fingerprint density at radius 3 is 2.81 bits per heavy atom. The molecule has 0 aliphatic heterocycles. The van der Waals surface area contributed by atoms with Crippen molar-refractivity contribution in [1.29, 1.82) is 0 Å². The molecule has 4 heteroatoms. The molecule has 1 aromatic heterocycles. The molecule has 0 fully saturated rings. The van der Waals surface area contributed by atoms with Gasteiger partial charge in [0.1, 0.15) is 11.3 Å². The number of aryl methyl sites for hydroxylation is 1. The van der Waals surface area contributed by atoms with Gasteiger partial charge in [-0.3, -0.25) is 0 Å². The molecule has 0 saturated carbocycles. The number of pyridine rings is 1. The summed E-state index contributed by atoms with van der Waals surface area (Å²) < 4.78 is 13.6. The van der Waals surface area contributed by atoms with Gasteiger partial charge in [0.15, 0.2) is 0 Å². The molecule has 0 atom stereocenters. The summed E-state index contributed by atoms with van der Waals surface area (Å²) in [5.41, 5.74) is 2.23. The average molecular weight is 256 g/mol. The molecule has 0 unspecified atom stereocenters. The van der Waals surface area contributed by atoms with Crippen molar-refractivity contribution in [1.82, 2.24) is 4.98 Å². The van der Waals surface area contributed by atoms with Crippen LogP contribution >= 0.6 is 23.2 Å². The minimum Gasteiger partial charge on any atom is -0.249 e. The molecule has 82 valence electrons. The summed E-state index contributed by atoms with van der Waals surface area (Å²) in [6.07, 6.45) is 2.80. The van der Waals surface area contributed by atoms with E-state index in [0.29, 0.717) is 15.4 Å². The van der Waals surface area contributed by atoms with Gasteiger partial charge in [0.05, 0.1) is 10.0 Å². The fourth-order valence-electron chi connectivity index (χ4n) is 2.23. The number of halogens is 3. The Labute approximate surface area is 102 Å². The number of rotatable bonds is 0. The first-order valence-electron chi connectivity index (χ1n) is 5.13. The van der Waals surface area contributed by atoms with E-state index in [1.807, 2.05) is 0 Å². The monoisotopic (exact) mass is 255 g/mol. The van der Waals surface area contributed by atoms with Crippen LogP contribution in [0.3, 0.4) is 0 Å². The topological polar surface area (TPSA) is 12.9 Å². The van der Waals surface area contributed by atoms with Crippen molar-refractivity contribution >= 4 is 34.1 Å².